The molecular weight excluding hydrogens is 315 g/mol. The molecule has 0 saturated heterocycles. The van der Waals surface area contributed by atoms with Crippen LogP contribution in [0.2, 0.25) is 10.0 Å². The van der Waals surface area contributed by atoms with Crippen LogP contribution in [0, 0.1) is 0 Å². The number of rotatable bonds is 1. The van der Waals surface area contributed by atoms with Crippen LogP contribution < -0.4 is 0 Å². The lowest BCUT2D eigenvalue weighted by Crippen LogP contribution is -2.30. The van der Waals surface area contributed by atoms with Gasteiger partial charge in [0.25, 0.3) is 5.91 Å². The van der Waals surface area contributed by atoms with E-state index in [1.807, 2.05) is 0 Å². The molecule has 3 rings (SSSR count). The van der Waals surface area contributed by atoms with Crippen molar-refractivity contribution >= 4 is 29.1 Å². The van der Waals surface area contributed by atoms with E-state index in [0.29, 0.717) is 24.7 Å². The summed E-state index contributed by atoms with van der Waals surface area (Å²) in [5, 5.41) is 18.2. The molecule has 0 atom stereocenters. The van der Waals surface area contributed by atoms with E-state index in [4.69, 9.17) is 23.2 Å². The van der Waals surface area contributed by atoms with Crippen molar-refractivity contribution in [2.75, 3.05) is 6.54 Å². The number of fused-ring (bicyclic) bond motifs is 1. The van der Waals surface area contributed by atoms with Gasteiger partial charge in [0.2, 0.25) is 0 Å². The van der Waals surface area contributed by atoms with Gasteiger partial charge < -0.3 is 10.0 Å². The number of hydrogen-bond donors (Lipinski definition) is 1. The lowest BCUT2D eigenvalue weighted by molar-refractivity contribution is 0.0742. The minimum Gasteiger partial charge on any atom is -0.506 e. The van der Waals surface area contributed by atoms with Crippen LogP contribution in [0.1, 0.15) is 22.5 Å². The van der Waals surface area contributed by atoms with Crippen LogP contribution in [0.15, 0.2) is 18.3 Å². The van der Waals surface area contributed by atoms with Crippen LogP contribution >= 0.6 is 23.2 Å². The van der Waals surface area contributed by atoms with E-state index < -0.39 is 0 Å². The number of benzene rings is 1. The molecule has 2 heterocycles. The number of amides is 1. The summed E-state index contributed by atoms with van der Waals surface area (Å²) in [5.41, 5.74) is 0.960. The van der Waals surface area contributed by atoms with E-state index in [2.05, 4.69) is 10.3 Å². The van der Waals surface area contributed by atoms with Crippen molar-refractivity contribution in [3.63, 3.8) is 0 Å². The van der Waals surface area contributed by atoms with Gasteiger partial charge in [-0.05, 0) is 18.6 Å². The fourth-order valence-electron chi connectivity index (χ4n) is 2.35. The second-order valence-electron chi connectivity index (χ2n) is 4.81. The molecule has 0 fully saturated rings. The third-order valence-corrected chi connectivity index (χ3v) is 3.90. The first-order chi connectivity index (χ1) is 10.1. The van der Waals surface area contributed by atoms with Crippen LogP contribution in [-0.2, 0) is 13.1 Å². The Kier molecular flexibility index (Phi) is 3.73. The number of hydrogen-bond acceptors (Lipinski definition) is 4. The van der Waals surface area contributed by atoms with Gasteiger partial charge in [-0.15, -0.1) is 5.10 Å². The topological polar surface area (TPSA) is 71.2 Å². The van der Waals surface area contributed by atoms with E-state index in [-0.39, 0.29) is 22.2 Å². The van der Waals surface area contributed by atoms with Crippen LogP contribution in [0.3, 0.4) is 0 Å². The van der Waals surface area contributed by atoms with Crippen molar-refractivity contribution in [2.45, 2.75) is 19.5 Å². The van der Waals surface area contributed by atoms with E-state index in [1.54, 1.807) is 15.8 Å². The third-order valence-electron chi connectivity index (χ3n) is 3.39. The van der Waals surface area contributed by atoms with Crippen LogP contribution in [0.5, 0.6) is 5.75 Å². The molecule has 1 aliphatic heterocycles. The molecule has 0 spiro atoms. The fourth-order valence-corrected chi connectivity index (χ4v) is 2.84. The second-order valence-corrected chi connectivity index (χ2v) is 5.66. The zero-order valence-corrected chi connectivity index (χ0v) is 12.5. The highest BCUT2D eigenvalue weighted by molar-refractivity contribution is 6.36. The Morgan fingerprint density at radius 3 is 2.90 bits per heavy atom. The first-order valence-electron chi connectivity index (χ1n) is 6.41. The molecule has 6 nitrogen and oxygen atoms in total. The molecule has 110 valence electrons. The van der Waals surface area contributed by atoms with Crippen LogP contribution in [-0.4, -0.2) is 37.5 Å². The number of aryl methyl sites for hydroxylation is 1. The monoisotopic (exact) mass is 326 g/mol. The van der Waals surface area contributed by atoms with Crippen LogP contribution in [0.25, 0.3) is 0 Å². The largest absolute Gasteiger partial charge is 0.506 e. The Morgan fingerprint density at radius 1 is 1.29 bits per heavy atom. The van der Waals surface area contributed by atoms with Crippen LogP contribution in [0.4, 0.5) is 0 Å². The third kappa shape index (κ3) is 2.69. The molecule has 8 heteroatoms. The Bertz CT molecular complexity index is 701. The molecule has 0 saturated carbocycles. The molecule has 0 bridgehead atoms. The first kappa shape index (κ1) is 14.2. The molecule has 1 aromatic carbocycles. The van der Waals surface area contributed by atoms with Crippen molar-refractivity contribution in [1.29, 1.82) is 0 Å². The SMILES string of the molecule is O=C(c1cc(Cl)cc(Cl)c1O)N1CCCn2nncc2C1. The number of nitrogens with zero attached hydrogens (tertiary/aromatic N) is 4. The number of aromatic nitrogens is 3. The van der Waals surface area contributed by atoms with Gasteiger partial charge in [0.15, 0.2) is 0 Å². The molecule has 1 N–H and O–H groups in total. The summed E-state index contributed by atoms with van der Waals surface area (Å²) < 4.78 is 1.78. The summed E-state index contributed by atoms with van der Waals surface area (Å²) in [6.07, 6.45) is 2.40. The van der Waals surface area contributed by atoms with Crippen molar-refractivity contribution < 1.29 is 9.90 Å². The smallest absolute Gasteiger partial charge is 0.258 e. The number of phenols is 1. The highest BCUT2D eigenvalue weighted by atomic mass is 35.5. The van der Waals surface area contributed by atoms with Gasteiger partial charge in [0.05, 0.1) is 29.0 Å². The molecule has 1 amide bonds. The predicted molar refractivity (Wildman–Crippen MR) is 77.5 cm³/mol. The maximum Gasteiger partial charge on any atom is 0.258 e. The molecule has 21 heavy (non-hydrogen) atoms. The highest BCUT2D eigenvalue weighted by Gasteiger charge is 2.24. The highest BCUT2D eigenvalue weighted by Crippen LogP contribution is 2.32. The Hall–Kier alpha value is -1.79. The lowest BCUT2D eigenvalue weighted by atomic mass is 10.1. The summed E-state index contributed by atoms with van der Waals surface area (Å²) in [6, 6.07) is 2.82. The fraction of sp³-hybridized carbons (Fsp3) is 0.308. The first-order valence-corrected chi connectivity index (χ1v) is 7.16. The quantitative estimate of drug-likeness (QED) is 0.873. The van der Waals surface area contributed by atoms with Crippen molar-refractivity contribution in [1.82, 2.24) is 19.9 Å². The zero-order chi connectivity index (χ0) is 15.0. The van der Waals surface area contributed by atoms with E-state index >= 15 is 0 Å². The van der Waals surface area contributed by atoms with E-state index in [9.17, 15) is 9.90 Å². The van der Waals surface area contributed by atoms with Crippen molar-refractivity contribution in [2.24, 2.45) is 0 Å². The molecule has 2 aromatic rings. The molecule has 0 unspecified atom stereocenters. The van der Waals surface area contributed by atoms with E-state index in [1.165, 1.54) is 12.1 Å². The van der Waals surface area contributed by atoms with Crippen molar-refractivity contribution in [3.05, 3.63) is 39.6 Å². The molecular formula is C13H12Cl2N4O2. The number of halogens is 2. The summed E-state index contributed by atoms with van der Waals surface area (Å²) in [6.45, 7) is 1.66. The molecule has 1 aromatic heterocycles. The molecule has 1 aliphatic rings. The Labute approximate surface area is 130 Å². The van der Waals surface area contributed by atoms with Gasteiger partial charge in [0, 0.05) is 18.1 Å². The van der Waals surface area contributed by atoms with Gasteiger partial charge in [-0.2, -0.15) is 0 Å². The number of carbonyl (C=O) groups is 1. The standard InChI is InChI=1S/C13H12Cl2N4O2/c14-8-4-10(12(20)11(15)5-8)13(21)18-2-1-3-19-9(7-18)6-16-17-19/h4-6,20H,1-3,7H2. The normalized spacial score (nSPS) is 14.7. The maximum absolute atomic E-state index is 12.6. The van der Waals surface area contributed by atoms with E-state index in [0.717, 1.165) is 12.1 Å². The lowest BCUT2D eigenvalue weighted by Gasteiger charge is -2.20. The average molecular weight is 327 g/mol. The Balaban J connectivity index is 1.92. The molecule has 0 aliphatic carbocycles. The number of aromatic hydroxyl groups is 1. The minimum absolute atomic E-state index is 0.0624. The van der Waals surface area contributed by atoms with Gasteiger partial charge in [0.1, 0.15) is 5.75 Å². The summed E-state index contributed by atoms with van der Waals surface area (Å²) in [7, 11) is 0. The molecule has 0 radical (unpaired) electrons. The van der Waals surface area contributed by atoms with Gasteiger partial charge in [-0.1, -0.05) is 28.4 Å². The summed E-state index contributed by atoms with van der Waals surface area (Å²) >= 11 is 11.8. The minimum atomic E-state index is -0.313. The second kappa shape index (κ2) is 5.54. The number of carbonyl (C=O) groups excluding carboxylic acids is 1. The zero-order valence-electron chi connectivity index (χ0n) is 11.0. The maximum atomic E-state index is 12.6. The Morgan fingerprint density at radius 2 is 2.10 bits per heavy atom. The van der Waals surface area contributed by atoms with Crippen molar-refractivity contribution in [3.8, 4) is 5.75 Å². The van der Waals surface area contributed by atoms with Gasteiger partial charge >= 0.3 is 0 Å². The summed E-state index contributed by atoms with van der Waals surface area (Å²) in [4.78, 5) is 14.2. The average Bonchev–Trinajstić information content (AvgIpc) is 2.79. The number of phenolic OH excluding ortho intramolecular Hbond substituents is 1. The predicted octanol–water partition coefficient (Wildman–Crippen LogP) is 2.34. The summed E-state index contributed by atoms with van der Waals surface area (Å²) in [5.74, 6) is -0.562. The van der Waals surface area contributed by atoms with Gasteiger partial charge in [-0.3, -0.25) is 4.79 Å². The van der Waals surface area contributed by atoms with Gasteiger partial charge in [-0.25, -0.2) is 4.68 Å².